The van der Waals surface area contributed by atoms with Gasteiger partial charge < -0.3 is 19.5 Å². The van der Waals surface area contributed by atoms with E-state index in [0.29, 0.717) is 18.3 Å². The van der Waals surface area contributed by atoms with Crippen molar-refractivity contribution in [2.24, 2.45) is 0 Å². The molecule has 0 spiro atoms. The van der Waals surface area contributed by atoms with Gasteiger partial charge in [0, 0.05) is 29.0 Å². The zero-order valence-corrected chi connectivity index (χ0v) is 22.5. The number of nitrogens with zero attached hydrogens (tertiary/aromatic N) is 5. The number of para-hydroxylation sites is 1. The Morgan fingerprint density at radius 3 is 2.22 bits per heavy atom. The van der Waals surface area contributed by atoms with Gasteiger partial charge in [-0.3, -0.25) is 9.80 Å². The minimum atomic E-state index is -1.05. The maximum atomic E-state index is 10.6. The van der Waals surface area contributed by atoms with E-state index in [2.05, 4.69) is 23.6 Å². The lowest BCUT2D eigenvalue weighted by atomic mass is 10.1. The Kier molecular flexibility index (Phi) is 9.89. The van der Waals surface area contributed by atoms with E-state index in [1.54, 1.807) is 0 Å². The molecule has 0 unspecified atom stereocenters. The van der Waals surface area contributed by atoms with Crippen LogP contribution in [0, 0.1) is 0 Å². The summed E-state index contributed by atoms with van der Waals surface area (Å²) >= 11 is 0. The number of hydrogen-bond donors (Lipinski definition) is 2. The first-order valence-electron chi connectivity index (χ1n) is 12.1. The van der Waals surface area contributed by atoms with Crippen LogP contribution in [0.25, 0.3) is 22.2 Å². The number of fused-ring (bicyclic) bond motifs is 1. The van der Waals surface area contributed by atoms with Crippen molar-refractivity contribution in [2.75, 3.05) is 31.3 Å². The van der Waals surface area contributed by atoms with Gasteiger partial charge in [-0.15, -0.1) is 24.8 Å². The van der Waals surface area contributed by atoms with Gasteiger partial charge in [-0.1, -0.05) is 62.4 Å². The van der Waals surface area contributed by atoms with Gasteiger partial charge in [0.2, 0.25) is 5.95 Å². The molecule has 1 saturated heterocycles. The Morgan fingerprint density at radius 1 is 0.973 bits per heavy atom. The molecule has 0 aliphatic carbocycles. The van der Waals surface area contributed by atoms with Gasteiger partial charge >= 0.3 is 0 Å². The Hall–Kier alpha value is -2.72. The van der Waals surface area contributed by atoms with Crippen LogP contribution >= 0.6 is 24.8 Å². The van der Waals surface area contributed by atoms with Gasteiger partial charge in [0.05, 0.1) is 13.3 Å². The monoisotopic (exact) mass is 545 g/mol. The summed E-state index contributed by atoms with van der Waals surface area (Å²) in [5, 5.41) is 21.6. The van der Waals surface area contributed by atoms with Crippen molar-refractivity contribution in [3.63, 3.8) is 0 Å². The van der Waals surface area contributed by atoms with E-state index in [-0.39, 0.29) is 31.4 Å². The molecule has 8 nitrogen and oxygen atoms in total. The first kappa shape index (κ1) is 28.8. The van der Waals surface area contributed by atoms with E-state index in [4.69, 9.17) is 14.7 Å². The summed E-state index contributed by atoms with van der Waals surface area (Å²) in [6.07, 6.45) is 1.05. The second-order valence-electron chi connectivity index (χ2n) is 8.71. The van der Waals surface area contributed by atoms with Crippen LogP contribution in [0.4, 0.5) is 11.6 Å². The van der Waals surface area contributed by atoms with Crippen molar-refractivity contribution in [3.05, 3.63) is 73.1 Å². The molecule has 1 aliphatic rings. The van der Waals surface area contributed by atoms with Crippen molar-refractivity contribution >= 4 is 47.5 Å². The standard InChI is InChI=1S/C27H31N5O3.2ClH/c1-3-30(4-2)18-32(20-13-9-6-10-14-20)27-28-15-21-22(19-11-7-5-8-12-19)16-31(25(21)29-27)26-24(34)23(33)17-35-26;;/h5-16,23-24,26,33-34H,3-4,17-18H2,1-2H3;2*1H/t23-,24-,26-;;/m1../s1. The Labute approximate surface area is 229 Å². The lowest BCUT2D eigenvalue weighted by Gasteiger charge is -2.29. The van der Waals surface area contributed by atoms with Gasteiger partial charge in [-0.05, 0) is 30.8 Å². The van der Waals surface area contributed by atoms with Crippen LogP contribution in [0.2, 0.25) is 0 Å². The third-order valence-corrected chi connectivity index (χ3v) is 6.59. The van der Waals surface area contributed by atoms with Crippen LogP contribution in [0.1, 0.15) is 20.1 Å². The van der Waals surface area contributed by atoms with E-state index >= 15 is 0 Å². The molecule has 198 valence electrons. The summed E-state index contributed by atoms with van der Waals surface area (Å²) < 4.78 is 7.61. The van der Waals surface area contributed by atoms with Crippen LogP contribution in [-0.2, 0) is 4.74 Å². The summed E-state index contributed by atoms with van der Waals surface area (Å²) in [6.45, 7) is 6.78. The van der Waals surface area contributed by atoms with Crippen LogP contribution in [0.5, 0.6) is 0 Å². The number of aromatic nitrogens is 3. The van der Waals surface area contributed by atoms with E-state index in [1.807, 2.05) is 77.6 Å². The van der Waals surface area contributed by atoms with Crippen LogP contribution in [0.15, 0.2) is 73.1 Å². The number of ether oxygens (including phenoxy) is 1. The van der Waals surface area contributed by atoms with E-state index in [9.17, 15) is 10.2 Å². The van der Waals surface area contributed by atoms with Crippen LogP contribution in [-0.4, -0.2) is 68.2 Å². The normalized spacial score (nSPS) is 19.0. The third-order valence-electron chi connectivity index (χ3n) is 6.59. The second kappa shape index (κ2) is 12.7. The number of anilines is 2. The molecule has 37 heavy (non-hydrogen) atoms. The summed E-state index contributed by atoms with van der Waals surface area (Å²) in [7, 11) is 0. The SMILES string of the molecule is CCN(CC)CN(c1ccccc1)c1ncc2c(-c3ccccc3)cn([C@@H]3OC[C@@H](O)[C@H]3O)c2n1.Cl.Cl. The maximum Gasteiger partial charge on any atom is 0.233 e. The Bertz CT molecular complexity index is 1270. The topological polar surface area (TPSA) is 86.9 Å². The summed E-state index contributed by atoms with van der Waals surface area (Å²) in [6, 6.07) is 20.1. The molecule has 3 atom stereocenters. The molecular weight excluding hydrogens is 513 g/mol. The molecule has 1 aliphatic heterocycles. The van der Waals surface area contributed by atoms with Crippen molar-refractivity contribution in [3.8, 4) is 11.1 Å². The number of aliphatic hydroxyl groups is 2. The fourth-order valence-electron chi connectivity index (χ4n) is 4.51. The molecule has 0 saturated carbocycles. The molecule has 1 fully saturated rings. The van der Waals surface area contributed by atoms with Gasteiger partial charge in [-0.2, -0.15) is 4.98 Å². The molecule has 0 radical (unpaired) electrons. The lowest BCUT2D eigenvalue weighted by molar-refractivity contribution is -0.0159. The number of rotatable bonds is 8. The molecule has 10 heteroatoms. The maximum absolute atomic E-state index is 10.6. The first-order chi connectivity index (χ1) is 17.1. The minimum absolute atomic E-state index is 0. The molecule has 0 bridgehead atoms. The molecule has 2 N–H and O–H groups in total. The third kappa shape index (κ3) is 5.75. The van der Waals surface area contributed by atoms with Crippen LogP contribution < -0.4 is 4.90 Å². The summed E-state index contributed by atoms with van der Waals surface area (Å²) in [5.74, 6) is 0.558. The molecule has 2 aromatic heterocycles. The van der Waals surface area contributed by atoms with Gasteiger partial charge in [-0.25, -0.2) is 4.98 Å². The number of benzene rings is 2. The summed E-state index contributed by atoms with van der Waals surface area (Å²) in [4.78, 5) is 14.2. The first-order valence-corrected chi connectivity index (χ1v) is 12.1. The van der Waals surface area contributed by atoms with Gasteiger partial charge in [0.1, 0.15) is 17.9 Å². The summed E-state index contributed by atoms with van der Waals surface area (Å²) in [5.41, 5.74) is 3.60. The average Bonchev–Trinajstić information content (AvgIpc) is 3.45. The van der Waals surface area contributed by atoms with Crippen molar-refractivity contribution in [1.82, 2.24) is 19.4 Å². The fraction of sp³-hybridized carbons (Fsp3) is 0.333. The van der Waals surface area contributed by atoms with Crippen molar-refractivity contribution in [1.29, 1.82) is 0 Å². The zero-order valence-electron chi connectivity index (χ0n) is 20.8. The molecule has 0 amide bonds. The minimum Gasteiger partial charge on any atom is -0.388 e. The predicted octanol–water partition coefficient (Wildman–Crippen LogP) is 4.63. The smallest absolute Gasteiger partial charge is 0.233 e. The molecular formula is C27H33Cl2N5O3. The van der Waals surface area contributed by atoms with E-state index in [1.165, 1.54) is 0 Å². The predicted molar refractivity (Wildman–Crippen MR) is 151 cm³/mol. The highest BCUT2D eigenvalue weighted by atomic mass is 35.5. The van der Waals surface area contributed by atoms with E-state index < -0.39 is 18.4 Å². The van der Waals surface area contributed by atoms with E-state index in [0.717, 1.165) is 35.3 Å². The van der Waals surface area contributed by atoms with Crippen molar-refractivity contribution < 1.29 is 14.9 Å². The Morgan fingerprint density at radius 2 is 1.62 bits per heavy atom. The largest absolute Gasteiger partial charge is 0.388 e. The number of hydrogen-bond acceptors (Lipinski definition) is 7. The molecule has 2 aromatic carbocycles. The highest BCUT2D eigenvalue weighted by Crippen LogP contribution is 2.36. The van der Waals surface area contributed by atoms with Gasteiger partial charge in [0.15, 0.2) is 6.23 Å². The lowest BCUT2D eigenvalue weighted by Crippen LogP contribution is -2.36. The quantitative estimate of drug-likeness (QED) is 0.312. The van der Waals surface area contributed by atoms with Gasteiger partial charge in [0.25, 0.3) is 0 Å². The average molecular weight is 546 g/mol. The molecule has 4 aromatic rings. The number of aliphatic hydroxyl groups excluding tert-OH is 2. The highest BCUT2D eigenvalue weighted by Gasteiger charge is 2.37. The Balaban J connectivity index is 0.00000190. The zero-order chi connectivity index (χ0) is 24.4. The number of halogens is 2. The molecule has 3 heterocycles. The van der Waals surface area contributed by atoms with Crippen LogP contribution in [0.3, 0.4) is 0 Å². The molecule has 5 rings (SSSR count). The second-order valence-corrected chi connectivity index (χ2v) is 8.71. The highest BCUT2D eigenvalue weighted by molar-refractivity contribution is 5.94. The fourth-order valence-corrected chi connectivity index (χ4v) is 4.51. The van der Waals surface area contributed by atoms with Crippen molar-refractivity contribution in [2.45, 2.75) is 32.3 Å².